The molecule has 2 aromatic rings. The molecule has 2 aromatic carbocycles. The van der Waals surface area contributed by atoms with Crippen molar-refractivity contribution >= 4 is 18.0 Å². The lowest BCUT2D eigenvalue weighted by Crippen LogP contribution is -2.46. The van der Waals surface area contributed by atoms with E-state index in [9.17, 15) is 14.4 Å². The van der Waals surface area contributed by atoms with Crippen molar-refractivity contribution in [3.05, 3.63) is 59.7 Å². The van der Waals surface area contributed by atoms with E-state index in [0.717, 1.165) is 22.3 Å². The molecule has 0 aliphatic heterocycles. The van der Waals surface area contributed by atoms with Crippen molar-refractivity contribution in [1.82, 2.24) is 10.6 Å². The second-order valence-corrected chi connectivity index (χ2v) is 8.42. The summed E-state index contributed by atoms with van der Waals surface area (Å²) in [5.74, 6) is -1.49. The molecule has 1 aliphatic carbocycles. The quantitative estimate of drug-likeness (QED) is 0.601. The Hall–Kier alpha value is -3.35. The highest BCUT2D eigenvalue weighted by atomic mass is 16.5. The Morgan fingerprint density at radius 2 is 1.58 bits per heavy atom. The third-order valence-corrected chi connectivity index (χ3v) is 5.70. The molecule has 0 aromatic heterocycles. The van der Waals surface area contributed by atoms with Gasteiger partial charge in [-0.3, -0.25) is 9.59 Å². The highest BCUT2D eigenvalue weighted by Gasteiger charge is 2.31. The number of benzene rings is 2. The molecule has 0 fully saturated rings. The molecule has 164 valence electrons. The number of ether oxygens (including phenoxy) is 1. The van der Waals surface area contributed by atoms with Crippen LogP contribution in [0.15, 0.2) is 48.5 Å². The van der Waals surface area contributed by atoms with Crippen LogP contribution in [0.3, 0.4) is 0 Å². The second-order valence-electron chi connectivity index (χ2n) is 8.42. The average Bonchev–Trinajstić information content (AvgIpc) is 3.05. The molecule has 3 N–H and O–H groups in total. The first-order valence-electron chi connectivity index (χ1n) is 10.3. The van der Waals surface area contributed by atoms with Crippen molar-refractivity contribution in [3.8, 4) is 11.1 Å². The number of amides is 2. The van der Waals surface area contributed by atoms with Crippen LogP contribution in [-0.4, -0.2) is 42.3 Å². The fraction of sp³-hybridized carbons (Fsp3) is 0.375. The molecule has 0 saturated carbocycles. The van der Waals surface area contributed by atoms with E-state index in [-0.39, 0.29) is 25.0 Å². The minimum atomic E-state index is -1.10. The van der Waals surface area contributed by atoms with E-state index in [4.69, 9.17) is 9.84 Å². The van der Waals surface area contributed by atoms with Crippen LogP contribution in [0, 0.1) is 5.41 Å². The number of fused-ring (bicyclic) bond motifs is 3. The molecular formula is C24H28N2O5. The first kappa shape index (κ1) is 22.3. The van der Waals surface area contributed by atoms with Crippen molar-refractivity contribution in [1.29, 1.82) is 0 Å². The Bertz CT molecular complexity index is 940. The van der Waals surface area contributed by atoms with Gasteiger partial charge in [-0.2, -0.15) is 0 Å². The van der Waals surface area contributed by atoms with E-state index in [1.165, 1.54) is 6.92 Å². The van der Waals surface area contributed by atoms with Gasteiger partial charge >= 0.3 is 12.1 Å². The molecule has 0 heterocycles. The van der Waals surface area contributed by atoms with Gasteiger partial charge in [-0.25, -0.2) is 4.79 Å². The molecule has 7 heteroatoms. The lowest BCUT2D eigenvalue weighted by Gasteiger charge is -2.25. The van der Waals surface area contributed by atoms with E-state index in [2.05, 4.69) is 34.9 Å². The number of carbonyl (C=O) groups excluding carboxylic acids is 2. The summed E-state index contributed by atoms with van der Waals surface area (Å²) in [5, 5.41) is 14.1. The van der Waals surface area contributed by atoms with Gasteiger partial charge in [0.15, 0.2) is 0 Å². The topological polar surface area (TPSA) is 105 Å². The molecule has 1 atom stereocenters. The third-order valence-electron chi connectivity index (χ3n) is 5.70. The van der Waals surface area contributed by atoms with Gasteiger partial charge < -0.3 is 20.5 Å². The van der Waals surface area contributed by atoms with Crippen LogP contribution < -0.4 is 10.6 Å². The van der Waals surface area contributed by atoms with E-state index in [1.54, 1.807) is 13.8 Å². The molecule has 7 nitrogen and oxygen atoms in total. The number of carboxylic acids is 1. The van der Waals surface area contributed by atoms with Crippen LogP contribution in [-0.2, 0) is 14.3 Å². The molecule has 0 saturated heterocycles. The average molecular weight is 424 g/mol. The zero-order valence-corrected chi connectivity index (χ0v) is 18.0. The molecule has 0 bridgehead atoms. The predicted octanol–water partition coefficient (Wildman–Crippen LogP) is 3.53. The van der Waals surface area contributed by atoms with Gasteiger partial charge in [0.05, 0.1) is 0 Å². The first-order chi connectivity index (χ1) is 14.7. The van der Waals surface area contributed by atoms with Crippen LogP contribution in [0.5, 0.6) is 0 Å². The maximum Gasteiger partial charge on any atom is 0.407 e. The first-order valence-corrected chi connectivity index (χ1v) is 10.3. The minimum absolute atomic E-state index is 0.0159. The Labute approximate surface area is 181 Å². The third kappa shape index (κ3) is 5.05. The van der Waals surface area contributed by atoms with Crippen LogP contribution in [0.25, 0.3) is 11.1 Å². The summed E-state index contributed by atoms with van der Waals surface area (Å²) in [6, 6.07) is 15.3. The van der Waals surface area contributed by atoms with Crippen LogP contribution >= 0.6 is 0 Å². The van der Waals surface area contributed by atoms with Crippen molar-refractivity contribution in [2.45, 2.75) is 39.2 Å². The highest BCUT2D eigenvalue weighted by molar-refractivity contribution is 5.86. The van der Waals surface area contributed by atoms with E-state index in [1.807, 2.05) is 24.3 Å². The molecule has 0 spiro atoms. The number of rotatable bonds is 8. The molecule has 0 radical (unpaired) electrons. The normalized spacial score (nSPS) is 13.6. The van der Waals surface area contributed by atoms with Crippen molar-refractivity contribution < 1.29 is 24.2 Å². The standard InChI is InChI=1S/C24H28N2O5/c1-15(21(27)28)26-22(29)24(2,3)12-13-25-23(30)31-14-20-18-10-6-4-8-16(18)17-9-5-7-11-19(17)20/h4-11,15,20H,12-14H2,1-3H3,(H,25,30)(H,26,29)(H,27,28). The smallest absolute Gasteiger partial charge is 0.407 e. The minimum Gasteiger partial charge on any atom is -0.480 e. The SMILES string of the molecule is CC(NC(=O)C(C)(C)CCNC(=O)OCC1c2ccccc2-c2ccccc21)C(=O)O. The number of aliphatic carboxylic acids is 1. The number of carboxylic acid groups (broad SMARTS) is 1. The Balaban J connectivity index is 1.51. The van der Waals surface area contributed by atoms with Crippen LogP contribution in [0.1, 0.15) is 44.2 Å². The Morgan fingerprint density at radius 3 is 2.13 bits per heavy atom. The summed E-state index contributed by atoms with van der Waals surface area (Å²) in [4.78, 5) is 35.4. The lowest BCUT2D eigenvalue weighted by molar-refractivity contribution is -0.143. The molecule has 1 aliphatic rings. The Kier molecular flexibility index (Phi) is 6.63. The number of hydrogen-bond donors (Lipinski definition) is 3. The summed E-state index contributed by atoms with van der Waals surface area (Å²) < 4.78 is 5.48. The van der Waals surface area contributed by atoms with Crippen molar-refractivity contribution in [2.75, 3.05) is 13.2 Å². The zero-order valence-electron chi connectivity index (χ0n) is 18.0. The molecule has 3 rings (SSSR count). The van der Waals surface area contributed by atoms with Gasteiger partial charge in [-0.1, -0.05) is 62.4 Å². The fourth-order valence-corrected chi connectivity index (χ4v) is 3.69. The van der Waals surface area contributed by atoms with E-state index >= 15 is 0 Å². The van der Waals surface area contributed by atoms with Gasteiger partial charge in [-0.05, 0) is 35.6 Å². The molecule has 31 heavy (non-hydrogen) atoms. The van der Waals surface area contributed by atoms with Gasteiger partial charge in [0.1, 0.15) is 12.6 Å². The number of carbonyl (C=O) groups is 3. The highest BCUT2D eigenvalue weighted by Crippen LogP contribution is 2.44. The zero-order chi connectivity index (χ0) is 22.6. The summed E-state index contributed by atoms with van der Waals surface area (Å²) in [7, 11) is 0. The van der Waals surface area contributed by atoms with Gasteiger partial charge in [0.25, 0.3) is 0 Å². The van der Waals surface area contributed by atoms with Gasteiger partial charge in [-0.15, -0.1) is 0 Å². The summed E-state index contributed by atoms with van der Waals surface area (Å²) in [6.07, 6.45) is -0.202. The predicted molar refractivity (Wildman–Crippen MR) is 117 cm³/mol. The van der Waals surface area contributed by atoms with Crippen molar-refractivity contribution in [3.63, 3.8) is 0 Å². The number of hydrogen-bond acceptors (Lipinski definition) is 4. The summed E-state index contributed by atoms with van der Waals surface area (Å²) in [5.41, 5.74) is 3.77. The summed E-state index contributed by atoms with van der Waals surface area (Å²) in [6.45, 7) is 5.27. The molecule has 2 amide bonds. The summed E-state index contributed by atoms with van der Waals surface area (Å²) >= 11 is 0. The lowest BCUT2D eigenvalue weighted by atomic mass is 9.88. The number of alkyl carbamates (subject to hydrolysis) is 1. The maximum atomic E-state index is 12.3. The second kappa shape index (κ2) is 9.20. The van der Waals surface area contributed by atoms with Crippen LogP contribution in [0.2, 0.25) is 0 Å². The van der Waals surface area contributed by atoms with Gasteiger partial charge in [0.2, 0.25) is 5.91 Å². The van der Waals surface area contributed by atoms with E-state index in [0.29, 0.717) is 6.42 Å². The largest absolute Gasteiger partial charge is 0.480 e. The maximum absolute atomic E-state index is 12.3. The Morgan fingerprint density at radius 1 is 1.03 bits per heavy atom. The molecule has 1 unspecified atom stereocenters. The van der Waals surface area contributed by atoms with Crippen LogP contribution in [0.4, 0.5) is 4.79 Å². The van der Waals surface area contributed by atoms with Gasteiger partial charge in [0, 0.05) is 17.9 Å². The number of nitrogens with one attached hydrogen (secondary N) is 2. The van der Waals surface area contributed by atoms with E-state index < -0.39 is 23.5 Å². The van der Waals surface area contributed by atoms with Crippen molar-refractivity contribution in [2.24, 2.45) is 5.41 Å². The molecular weight excluding hydrogens is 396 g/mol. The fourth-order valence-electron chi connectivity index (χ4n) is 3.69. The monoisotopic (exact) mass is 424 g/mol.